The molecule has 1 aliphatic heterocycles. The van der Waals surface area contributed by atoms with Crippen LogP contribution in [0.1, 0.15) is 15.9 Å². The van der Waals surface area contributed by atoms with Crippen LogP contribution in [0.4, 0.5) is 0 Å². The van der Waals surface area contributed by atoms with Gasteiger partial charge in [-0.15, -0.1) is 0 Å². The molecular weight excluding hydrogens is 406 g/mol. The lowest BCUT2D eigenvalue weighted by Crippen LogP contribution is -2.51. The molecule has 1 saturated heterocycles. The van der Waals surface area contributed by atoms with Crippen molar-refractivity contribution in [1.82, 2.24) is 9.21 Å². The number of fused-ring (bicyclic) bond motifs is 1. The molecule has 0 unspecified atom stereocenters. The monoisotopic (exact) mass is 423 g/mol. The molecule has 1 fully saturated rings. The van der Waals surface area contributed by atoms with Crippen LogP contribution in [-0.2, 0) is 10.0 Å². The average Bonchev–Trinajstić information content (AvgIpc) is 2.78. The van der Waals surface area contributed by atoms with E-state index in [1.165, 1.54) is 27.4 Å². The molecule has 4 rings (SSSR count). The normalized spacial score (nSPS) is 15.1. The fourth-order valence-corrected chi connectivity index (χ4v) is 5.00. The lowest BCUT2D eigenvalue weighted by Gasteiger charge is -2.34. The minimum Gasteiger partial charge on any atom is -0.422 e. The smallest absolute Gasteiger partial charge is 0.349 e. The van der Waals surface area contributed by atoms with E-state index in [-0.39, 0.29) is 42.2 Å². The molecule has 2 heterocycles. The number of carbonyl (C=O) groups is 1. The van der Waals surface area contributed by atoms with E-state index in [2.05, 4.69) is 0 Å². The number of benzene rings is 2. The molecule has 1 aromatic heterocycles. The summed E-state index contributed by atoms with van der Waals surface area (Å²) in [5.74, 6) is -0.496. The number of piperazine rings is 1. The largest absolute Gasteiger partial charge is 0.422 e. The molecule has 0 N–H and O–H groups in total. The first-order valence-electron chi connectivity index (χ1n) is 9.23. The molecule has 0 bridgehead atoms. The Bertz CT molecular complexity index is 1330. The Kier molecular flexibility index (Phi) is 5.11. The van der Waals surface area contributed by atoms with Crippen LogP contribution in [0.25, 0.3) is 11.0 Å². The Labute approximate surface area is 172 Å². The fourth-order valence-electron chi connectivity index (χ4n) is 3.44. The summed E-state index contributed by atoms with van der Waals surface area (Å²) in [5, 5.41) is 9.83. The molecule has 1 amide bonds. The van der Waals surface area contributed by atoms with Gasteiger partial charge in [-0.1, -0.05) is 30.3 Å². The minimum atomic E-state index is -3.86. The lowest BCUT2D eigenvalue weighted by atomic mass is 10.1. The maximum Gasteiger partial charge on any atom is 0.349 e. The number of rotatable bonds is 3. The first-order chi connectivity index (χ1) is 14.4. The molecule has 0 atom stereocenters. The second-order valence-electron chi connectivity index (χ2n) is 6.79. The second-order valence-corrected chi connectivity index (χ2v) is 8.70. The highest BCUT2D eigenvalue weighted by Gasteiger charge is 2.32. The van der Waals surface area contributed by atoms with Gasteiger partial charge in [-0.2, -0.15) is 9.57 Å². The van der Waals surface area contributed by atoms with E-state index in [9.17, 15) is 23.3 Å². The van der Waals surface area contributed by atoms with Crippen molar-refractivity contribution in [1.29, 1.82) is 5.26 Å². The van der Waals surface area contributed by atoms with Crippen LogP contribution in [0.15, 0.2) is 68.7 Å². The van der Waals surface area contributed by atoms with Gasteiger partial charge in [0.1, 0.15) is 17.2 Å². The van der Waals surface area contributed by atoms with E-state index in [4.69, 9.17) is 4.42 Å². The predicted octanol–water partition coefficient (Wildman–Crippen LogP) is 1.81. The minimum absolute atomic E-state index is 0.0533. The van der Waals surface area contributed by atoms with E-state index in [1.54, 1.807) is 36.4 Å². The van der Waals surface area contributed by atoms with Crippen molar-refractivity contribution < 1.29 is 17.6 Å². The third-order valence-corrected chi connectivity index (χ3v) is 6.98. The van der Waals surface area contributed by atoms with Gasteiger partial charge in [0, 0.05) is 31.6 Å². The van der Waals surface area contributed by atoms with Crippen LogP contribution in [0.2, 0.25) is 0 Å². The zero-order chi connectivity index (χ0) is 21.3. The van der Waals surface area contributed by atoms with Crippen LogP contribution in [-0.4, -0.2) is 49.7 Å². The highest BCUT2D eigenvalue weighted by molar-refractivity contribution is 7.89. The third-order valence-electron chi connectivity index (χ3n) is 5.02. The number of nitriles is 1. The Hall–Kier alpha value is -3.48. The van der Waals surface area contributed by atoms with E-state index in [1.807, 2.05) is 6.07 Å². The number of nitrogens with zero attached hydrogens (tertiary/aromatic N) is 3. The topological polar surface area (TPSA) is 112 Å². The summed E-state index contributed by atoms with van der Waals surface area (Å²) in [5.41, 5.74) is -0.340. The molecule has 3 aromatic rings. The van der Waals surface area contributed by atoms with E-state index >= 15 is 0 Å². The van der Waals surface area contributed by atoms with Gasteiger partial charge in [-0.25, -0.2) is 13.2 Å². The van der Waals surface area contributed by atoms with Crippen molar-refractivity contribution in [3.05, 3.63) is 76.1 Å². The molecule has 1 aliphatic rings. The number of hydrogen-bond donors (Lipinski definition) is 0. The molecule has 0 radical (unpaired) electrons. The lowest BCUT2D eigenvalue weighted by molar-refractivity contribution is 0.0694. The Morgan fingerprint density at radius 3 is 2.40 bits per heavy atom. The molecule has 0 spiro atoms. The molecular formula is C21H17N3O5S. The summed E-state index contributed by atoms with van der Waals surface area (Å²) in [7, 11) is -3.86. The van der Waals surface area contributed by atoms with Gasteiger partial charge in [0.05, 0.1) is 10.5 Å². The first kappa shape index (κ1) is 19.8. The van der Waals surface area contributed by atoms with Gasteiger partial charge in [0.2, 0.25) is 10.0 Å². The van der Waals surface area contributed by atoms with Crippen LogP contribution >= 0.6 is 0 Å². The second kappa shape index (κ2) is 7.74. The number of hydrogen-bond acceptors (Lipinski definition) is 6. The molecule has 9 heteroatoms. The fraction of sp³-hybridized carbons (Fsp3) is 0.190. The maximum absolute atomic E-state index is 12.9. The van der Waals surface area contributed by atoms with Gasteiger partial charge in [-0.05, 0) is 24.3 Å². The number of sulfonamides is 1. The summed E-state index contributed by atoms with van der Waals surface area (Å²) in [6.07, 6.45) is 0. The highest BCUT2D eigenvalue weighted by atomic mass is 32.2. The van der Waals surface area contributed by atoms with Crippen molar-refractivity contribution in [3.63, 3.8) is 0 Å². The van der Waals surface area contributed by atoms with Crippen molar-refractivity contribution in [3.8, 4) is 6.07 Å². The maximum atomic E-state index is 12.9. The van der Waals surface area contributed by atoms with Crippen molar-refractivity contribution in [2.24, 2.45) is 0 Å². The Balaban J connectivity index is 1.54. The highest BCUT2D eigenvalue weighted by Crippen LogP contribution is 2.22. The van der Waals surface area contributed by atoms with E-state index in [0.29, 0.717) is 11.0 Å². The molecule has 30 heavy (non-hydrogen) atoms. The van der Waals surface area contributed by atoms with Crippen molar-refractivity contribution in [2.75, 3.05) is 26.2 Å². The predicted molar refractivity (Wildman–Crippen MR) is 108 cm³/mol. The summed E-state index contributed by atoms with van der Waals surface area (Å²) < 4.78 is 32.3. The summed E-state index contributed by atoms with van der Waals surface area (Å²) in [6, 6.07) is 16.3. The van der Waals surface area contributed by atoms with Crippen LogP contribution in [0.3, 0.4) is 0 Å². The zero-order valence-electron chi connectivity index (χ0n) is 15.8. The van der Waals surface area contributed by atoms with Crippen molar-refractivity contribution in [2.45, 2.75) is 4.90 Å². The molecule has 8 nitrogen and oxygen atoms in total. The Morgan fingerprint density at radius 1 is 1.00 bits per heavy atom. The zero-order valence-corrected chi connectivity index (χ0v) is 16.6. The standard InChI is InChI=1S/C21H17N3O5S/c22-14-16-6-2-4-8-19(16)30(27,28)24-11-9-23(10-12-24)20(25)17-13-15-5-1-3-7-18(15)29-21(17)26/h1-8,13H,9-12H2. The van der Waals surface area contributed by atoms with Gasteiger partial charge in [0.25, 0.3) is 5.91 Å². The average molecular weight is 423 g/mol. The van der Waals surface area contributed by atoms with Gasteiger partial charge in [-0.3, -0.25) is 4.79 Å². The SMILES string of the molecule is N#Cc1ccccc1S(=O)(=O)N1CCN(C(=O)c2cc3ccccc3oc2=O)CC1. The van der Waals surface area contributed by atoms with Gasteiger partial charge in [0.15, 0.2) is 0 Å². The molecule has 152 valence electrons. The summed E-state index contributed by atoms with van der Waals surface area (Å²) >= 11 is 0. The number of amides is 1. The van der Waals surface area contributed by atoms with Crippen LogP contribution in [0.5, 0.6) is 0 Å². The van der Waals surface area contributed by atoms with E-state index in [0.717, 1.165) is 0 Å². The van der Waals surface area contributed by atoms with Gasteiger partial charge >= 0.3 is 5.63 Å². The third kappa shape index (κ3) is 3.47. The quantitative estimate of drug-likeness (QED) is 0.594. The van der Waals surface area contributed by atoms with Crippen molar-refractivity contribution >= 4 is 26.9 Å². The summed E-state index contributed by atoms with van der Waals surface area (Å²) in [4.78, 5) is 26.5. The Morgan fingerprint density at radius 2 is 1.67 bits per heavy atom. The summed E-state index contributed by atoms with van der Waals surface area (Å²) in [6.45, 7) is 0.373. The van der Waals surface area contributed by atoms with Crippen LogP contribution < -0.4 is 5.63 Å². The van der Waals surface area contributed by atoms with E-state index < -0.39 is 21.6 Å². The molecule has 0 aliphatic carbocycles. The molecule has 2 aromatic carbocycles. The number of carbonyl (C=O) groups excluding carboxylic acids is 1. The van der Waals surface area contributed by atoms with Gasteiger partial charge < -0.3 is 9.32 Å². The molecule has 0 saturated carbocycles. The number of para-hydroxylation sites is 1. The first-order valence-corrected chi connectivity index (χ1v) is 10.7. The van der Waals surface area contributed by atoms with Crippen LogP contribution in [0, 0.1) is 11.3 Å².